The summed E-state index contributed by atoms with van der Waals surface area (Å²) in [5.74, 6) is -0.568. The first-order valence-electron chi connectivity index (χ1n) is 8.99. The highest BCUT2D eigenvalue weighted by Crippen LogP contribution is 2.38. The average molecular weight is 389 g/mol. The van der Waals surface area contributed by atoms with Gasteiger partial charge in [-0.05, 0) is 35.6 Å². The number of halogens is 2. The van der Waals surface area contributed by atoms with E-state index in [0.717, 1.165) is 12.0 Å². The van der Waals surface area contributed by atoms with Crippen LogP contribution in [0, 0.1) is 11.8 Å². The zero-order valence-corrected chi connectivity index (χ0v) is 15.3. The summed E-state index contributed by atoms with van der Waals surface area (Å²) in [5, 5.41) is 2.83. The Morgan fingerprint density at radius 1 is 1.07 bits per heavy atom. The number of carbonyl (C=O) groups is 2. The van der Waals surface area contributed by atoms with E-state index in [1.807, 2.05) is 37.3 Å². The number of esters is 1. The molecule has 1 N–H and O–H groups in total. The Kier molecular flexibility index (Phi) is 6.23. The summed E-state index contributed by atoms with van der Waals surface area (Å²) in [5.41, 5.74) is 1.49. The average Bonchev–Trinajstić information content (AvgIpc) is 3.42. The molecule has 0 bridgehead atoms. The predicted molar refractivity (Wildman–Crippen MR) is 97.7 cm³/mol. The van der Waals surface area contributed by atoms with Crippen LogP contribution in [-0.2, 0) is 14.3 Å². The number of ether oxygens (including phenoxy) is 2. The molecular weight excluding hydrogens is 368 g/mol. The number of alkyl halides is 2. The smallest absolute Gasteiger partial charge is 0.387 e. The van der Waals surface area contributed by atoms with E-state index >= 15 is 0 Å². The third-order valence-electron chi connectivity index (χ3n) is 4.63. The number of nitrogens with one attached hydrogen (secondary N) is 1. The van der Waals surface area contributed by atoms with Gasteiger partial charge < -0.3 is 14.8 Å². The number of hydrogen-bond acceptors (Lipinski definition) is 4. The van der Waals surface area contributed by atoms with Crippen LogP contribution >= 0.6 is 0 Å². The molecule has 1 saturated carbocycles. The molecule has 1 amide bonds. The Labute approximate surface area is 161 Å². The highest BCUT2D eigenvalue weighted by Gasteiger charge is 2.40. The molecule has 0 radical (unpaired) electrons. The Morgan fingerprint density at radius 2 is 1.68 bits per heavy atom. The molecule has 1 fully saturated rings. The molecular formula is C21H21F2NO4. The van der Waals surface area contributed by atoms with Crippen molar-refractivity contribution >= 4 is 11.9 Å². The molecule has 0 saturated heterocycles. The maximum atomic E-state index is 12.3. The molecule has 7 heteroatoms. The maximum Gasteiger partial charge on any atom is 0.387 e. The summed E-state index contributed by atoms with van der Waals surface area (Å²) in [4.78, 5) is 24.1. The van der Waals surface area contributed by atoms with Crippen LogP contribution in [0.25, 0.3) is 0 Å². The molecule has 2 aromatic rings. The molecule has 1 aliphatic rings. The van der Waals surface area contributed by atoms with Crippen molar-refractivity contribution in [1.82, 2.24) is 5.32 Å². The molecule has 3 rings (SSSR count). The lowest BCUT2D eigenvalue weighted by Gasteiger charge is -2.20. The maximum absolute atomic E-state index is 12.3. The van der Waals surface area contributed by atoms with Gasteiger partial charge in [-0.15, -0.1) is 0 Å². The second-order valence-electron chi connectivity index (χ2n) is 6.79. The molecule has 0 heterocycles. The minimum absolute atomic E-state index is 0.0318. The minimum Gasteiger partial charge on any atom is -0.455 e. The van der Waals surface area contributed by atoms with Gasteiger partial charge in [0.05, 0.1) is 12.0 Å². The summed E-state index contributed by atoms with van der Waals surface area (Å²) in [6, 6.07) is 14.7. The molecule has 148 valence electrons. The zero-order chi connectivity index (χ0) is 20.1. The number of amides is 1. The lowest BCUT2D eigenvalue weighted by atomic mass is 9.98. The Balaban J connectivity index is 1.69. The van der Waals surface area contributed by atoms with Crippen molar-refractivity contribution in [3.05, 3.63) is 65.7 Å². The SMILES string of the molecule is C[C@@H]1C[C@H]1C(=O)OCC(=O)N[C@@H](c1ccccc1)c1ccc(OC(F)F)cc1. The molecule has 0 aromatic heterocycles. The first-order valence-corrected chi connectivity index (χ1v) is 8.99. The van der Waals surface area contributed by atoms with Crippen LogP contribution in [0.5, 0.6) is 5.75 Å². The largest absolute Gasteiger partial charge is 0.455 e. The van der Waals surface area contributed by atoms with Crippen molar-refractivity contribution in [2.45, 2.75) is 26.0 Å². The Bertz CT molecular complexity index is 811. The number of hydrogen-bond donors (Lipinski definition) is 1. The van der Waals surface area contributed by atoms with Crippen molar-refractivity contribution in [1.29, 1.82) is 0 Å². The fourth-order valence-electron chi connectivity index (χ4n) is 2.94. The molecule has 1 aliphatic carbocycles. The van der Waals surface area contributed by atoms with E-state index in [0.29, 0.717) is 11.5 Å². The van der Waals surface area contributed by atoms with Crippen LogP contribution in [0.3, 0.4) is 0 Å². The Hall–Kier alpha value is -2.96. The van der Waals surface area contributed by atoms with Gasteiger partial charge in [0, 0.05) is 0 Å². The second-order valence-corrected chi connectivity index (χ2v) is 6.79. The van der Waals surface area contributed by atoms with E-state index in [1.54, 1.807) is 12.1 Å². The van der Waals surface area contributed by atoms with Crippen LogP contribution < -0.4 is 10.1 Å². The molecule has 0 spiro atoms. The number of benzene rings is 2. The van der Waals surface area contributed by atoms with E-state index in [4.69, 9.17) is 4.74 Å². The molecule has 5 nitrogen and oxygen atoms in total. The normalized spacial score (nSPS) is 19.0. The van der Waals surface area contributed by atoms with E-state index in [9.17, 15) is 18.4 Å². The van der Waals surface area contributed by atoms with Gasteiger partial charge >= 0.3 is 12.6 Å². The van der Waals surface area contributed by atoms with Crippen molar-refractivity contribution in [3.63, 3.8) is 0 Å². The number of rotatable bonds is 8. The van der Waals surface area contributed by atoms with Gasteiger partial charge in [-0.1, -0.05) is 49.4 Å². The van der Waals surface area contributed by atoms with Crippen molar-refractivity contribution in [3.8, 4) is 5.75 Å². The monoisotopic (exact) mass is 389 g/mol. The summed E-state index contributed by atoms with van der Waals surface area (Å²) >= 11 is 0. The van der Waals surface area contributed by atoms with Crippen molar-refractivity contribution in [2.24, 2.45) is 11.8 Å². The zero-order valence-electron chi connectivity index (χ0n) is 15.3. The van der Waals surface area contributed by atoms with E-state index in [2.05, 4.69) is 10.1 Å². The molecule has 0 aliphatic heterocycles. The number of carbonyl (C=O) groups excluding carboxylic acids is 2. The van der Waals surface area contributed by atoms with Crippen LogP contribution in [0.2, 0.25) is 0 Å². The van der Waals surface area contributed by atoms with Crippen LogP contribution in [0.1, 0.15) is 30.5 Å². The van der Waals surface area contributed by atoms with Crippen LogP contribution in [0.15, 0.2) is 54.6 Å². The molecule has 0 unspecified atom stereocenters. The summed E-state index contributed by atoms with van der Waals surface area (Å²) in [6.07, 6.45) is 0.792. The van der Waals surface area contributed by atoms with Gasteiger partial charge in [0.25, 0.3) is 5.91 Å². The first-order chi connectivity index (χ1) is 13.4. The van der Waals surface area contributed by atoms with E-state index in [1.165, 1.54) is 12.1 Å². The van der Waals surface area contributed by atoms with E-state index < -0.39 is 18.6 Å². The van der Waals surface area contributed by atoms with Crippen molar-refractivity contribution < 1.29 is 27.8 Å². The summed E-state index contributed by atoms with van der Waals surface area (Å²) < 4.78 is 34.1. The summed E-state index contributed by atoms with van der Waals surface area (Å²) in [6.45, 7) is -1.31. The standard InChI is InChI=1S/C21H21F2NO4/c1-13-11-17(13)20(26)27-12-18(25)24-19(14-5-3-2-4-6-14)15-7-9-16(10-8-15)28-21(22)23/h2-10,13,17,19,21H,11-12H2,1H3,(H,24,25)/t13-,17-,19+/m1/s1. The second kappa shape index (κ2) is 8.82. The van der Waals surface area contributed by atoms with Gasteiger partial charge in [0.15, 0.2) is 6.61 Å². The van der Waals surface area contributed by atoms with Gasteiger partial charge in [0.2, 0.25) is 0 Å². The molecule has 28 heavy (non-hydrogen) atoms. The third kappa shape index (κ3) is 5.28. The fraction of sp³-hybridized carbons (Fsp3) is 0.333. The van der Waals surface area contributed by atoms with E-state index in [-0.39, 0.29) is 24.2 Å². The van der Waals surface area contributed by atoms with Crippen LogP contribution in [-0.4, -0.2) is 25.1 Å². The highest BCUT2D eigenvalue weighted by molar-refractivity contribution is 5.82. The fourth-order valence-corrected chi connectivity index (χ4v) is 2.94. The predicted octanol–water partition coefficient (Wildman–Crippen LogP) is 3.69. The van der Waals surface area contributed by atoms with Gasteiger partial charge in [-0.3, -0.25) is 9.59 Å². The van der Waals surface area contributed by atoms with Gasteiger partial charge in [0.1, 0.15) is 5.75 Å². The topological polar surface area (TPSA) is 64.6 Å². The van der Waals surface area contributed by atoms with Gasteiger partial charge in [-0.2, -0.15) is 8.78 Å². The molecule has 3 atom stereocenters. The van der Waals surface area contributed by atoms with Crippen molar-refractivity contribution in [2.75, 3.05) is 6.61 Å². The summed E-state index contributed by atoms with van der Waals surface area (Å²) in [7, 11) is 0. The Morgan fingerprint density at radius 3 is 2.25 bits per heavy atom. The van der Waals surface area contributed by atoms with Crippen LogP contribution in [0.4, 0.5) is 8.78 Å². The first kappa shape index (κ1) is 19.8. The van der Waals surface area contributed by atoms with Gasteiger partial charge in [-0.25, -0.2) is 0 Å². The minimum atomic E-state index is -2.90. The lowest BCUT2D eigenvalue weighted by molar-refractivity contribution is -0.150. The quantitative estimate of drug-likeness (QED) is 0.700. The third-order valence-corrected chi connectivity index (χ3v) is 4.63. The molecule has 2 aromatic carbocycles. The highest BCUT2D eigenvalue weighted by atomic mass is 19.3. The lowest BCUT2D eigenvalue weighted by Crippen LogP contribution is -2.33.